The average Bonchev–Trinajstić information content (AvgIpc) is 2.58. The molecule has 120 valence electrons. The largest absolute Gasteiger partial charge is 0.378 e. The predicted octanol–water partition coefficient (Wildman–Crippen LogP) is 2.86. The van der Waals surface area contributed by atoms with Crippen LogP contribution in [0, 0.1) is 0 Å². The topological polar surface area (TPSA) is 54.5 Å². The number of carbonyl (C=O) groups excluding carboxylic acids is 1. The number of hydrogen-bond acceptors (Lipinski definition) is 4. The molecular formula is C17H18BrN3O2. The maximum absolute atomic E-state index is 12.1. The van der Waals surface area contributed by atoms with Crippen molar-refractivity contribution in [2.45, 2.75) is 6.42 Å². The van der Waals surface area contributed by atoms with Gasteiger partial charge in [0.2, 0.25) is 5.91 Å². The fourth-order valence-corrected chi connectivity index (χ4v) is 2.90. The normalized spacial score (nSPS) is 14.6. The van der Waals surface area contributed by atoms with Gasteiger partial charge >= 0.3 is 0 Å². The number of rotatable bonds is 4. The zero-order valence-corrected chi connectivity index (χ0v) is 14.3. The van der Waals surface area contributed by atoms with Crippen LogP contribution in [-0.2, 0) is 16.0 Å². The lowest BCUT2D eigenvalue weighted by molar-refractivity contribution is -0.115. The Balaban J connectivity index is 1.59. The second kappa shape index (κ2) is 7.57. The van der Waals surface area contributed by atoms with Crippen LogP contribution in [0.2, 0.25) is 0 Å². The molecule has 6 heteroatoms. The predicted molar refractivity (Wildman–Crippen MR) is 93.7 cm³/mol. The summed E-state index contributed by atoms with van der Waals surface area (Å²) in [5.74, 6) is 0.489. The summed E-state index contributed by atoms with van der Waals surface area (Å²) in [5, 5.41) is 2.83. The first-order valence-electron chi connectivity index (χ1n) is 7.54. The summed E-state index contributed by atoms with van der Waals surface area (Å²) >= 11 is 3.45. The quantitative estimate of drug-likeness (QED) is 0.892. The Morgan fingerprint density at radius 3 is 2.70 bits per heavy atom. The molecule has 0 aliphatic carbocycles. The summed E-state index contributed by atoms with van der Waals surface area (Å²) in [7, 11) is 0. The van der Waals surface area contributed by atoms with Gasteiger partial charge in [-0.1, -0.05) is 34.1 Å². The van der Waals surface area contributed by atoms with Crippen LogP contribution in [0.4, 0.5) is 11.5 Å². The molecule has 0 unspecified atom stereocenters. The van der Waals surface area contributed by atoms with E-state index in [-0.39, 0.29) is 5.91 Å². The molecule has 5 nitrogen and oxygen atoms in total. The monoisotopic (exact) mass is 375 g/mol. The summed E-state index contributed by atoms with van der Waals surface area (Å²) in [6.45, 7) is 3.22. The average molecular weight is 376 g/mol. The molecule has 1 fully saturated rings. The molecule has 1 saturated heterocycles. The Kier molecular flexibility index (Phi) is 5.25. The lowest BCUT2D eigenvalue weighted by atomic mass is 10.1. The third-order valence-electron chi connectivity index (χ3n) is 3.70. The number of halogens is 1. The molecule has 2 heterocycles. The standard InChI is InChI=1S/C17H18BrN3O2/c18-15-4-2-1-3-13(15)11-17(22)20-16-6-5-14(12-19-16)21-7-9-23-10-8-21/h1-6,12H,7-11H2,(H,19,20,22). The Morgan fingerprint density at radius 2 is 2.00 bits per heavy atom. The van der Waals surface area contributed by atoms with Crippen LogP contribution in [-0.4, -0.2) is 37.2 Å². The van der Waals surface area contributed by atoms with Crippen molar-refractivity contribution in [2.24, 2.45) is 0 Å². The third kappa shape index (κ3) is 4.30. The second-order valence-electron chi connectivity index (χ2n) is 5.32. The summed E-state index contributed by atoms with van der Waals surface area (Å²) in [5.41, 5.74) is 2.01. The van der Waals surface area contributed by atoms with Gasteiger partial charge in [-0.2, -0.15) is 0 Å². The highest BCUT2D eigenvalue weighted by Crippen LogP contribution is 2.18. The molecule has 0 radical (unpaired) electrons. The number of nitrogens with one attached hydrogen (secondary N) is 1. The van der Waals surface area contributed by atoms with Crippen molar-refractivity contribution in [1.82, 2.24) is 4.98 Å². The minimum absolute atomic E-state index is 0.0801. The number of hydrogen-bond donors (Lipinski definition) is 1. The van der Waals surface area contributed by atoms with E-state index in [1.807, 2.05) is 36.4 Å². The summed E-state index contributed by atoms with van der Waals surface area (Å²) in [6.07, 6.45) is 2.10. The van der Waals surface area contributed by atoms with E-state index in [1.165, 1.54) is 0 Å². The van der Waals surface area contributed by atoms with Gasteiger partial charge in [0, 0.05) is 17.6 Å². The zero-order valence-electron chi connectivity index (χ0n) is 12.7. The van der Waals surface area contributed by atoms with Crippen LogP contribution in [0.15, 0.2) is 47.1 Å². The highest BCUT2D eigenvalue weighted by atomic mass is 79.9. The molecule has 0 spiro atoms. The fourth-order valence-electron chi connectivity index (χ4n) is 2.47. The number of aromatic nitrogens is 1. The smallest absolute Gasteiger partial charge is 0.229 e. The SMILES string of the molecule is O=C(Cc1ccccc1Br)Nc1ccc(N2CCOCC2)cn1. The van der Waals surface area contributed by atoms with E-state index in [1.54, 1.807) is 6.20 Å². The number of ether oxygens (including phenoxy) is 1. The molecule has 0 bridgehead atoms. The van der Waals surface area contributed by atoms with Gasteiger partial charge in [0.25, 0.3) is 0 Å². The van der Waals surface area contributed by atoms with Gasteiger partial charge in [0.1, 0.15) is 5.82 Å². The van der Waals surface area contributed by atoms with E-state index in [4.69, 9.17) is 4.74 Å². The third-order valence-corrected chi connectivity index (χ3v) is 4.47. The Hall–Kier alpha value is -1.92. The fraction of sp³-hybridized carbons (Fsp3) is 0.294. The minimum Gasteiger partial charge on any atom is -0.378 e. The Morgan fingerprint density at radius 1 is 1.22 bits per heavy atom. The summed E-state index contributed by atoms with van der Waals surface area (Å²) in [4.78, 5) is 18.7. The number of carbonyl (C=O) groups is 1. The first-order valence-corrected chi connectivity index (χ1v) is 8.34. The highest BCUT2D eigenvalue weighted by molar-refractivity contribution is 9.10. The summed E-state index contributed by atoms with van der Waals surface area (Å²) < 4.78 is 6.28. The number of pyridine rings is 1. The van der Waals surface area contributed by atoms with Crippen LogP contribution < -0.4 is 10.2 Å². The molecule has 0 saturated carbocycles. The van der Waals surface area contributed by atoms with Gasteiger partial charge in [0.05, 0.1) is 31.5 Å². The lowest BCUT2D eigenvalue weighted by Crippen LogP contribution is -2.36. The van der Waals surface area contributed by atoms with Gasteiger partial charge in [-0.25, -0.2) is 4.98 Å². The van der Waals surface area contributed by atoms with E-state index in [2.05, 4.69) is 31.1 Å². The van der Waals surface area contributed by atoms with Crippen molar-refractivity contribution >= 4 is 33.3 Å². The molecule has 1 amide bonds. The minimum atomic E-state index is -0.0801. The van der Waals surface area contributed by atoms with E-state index in [0.29, 0.717) is 12.2 Å². The second-order valence-corrected chi connectivity index (χ2v) is 6.17. The van der Waals surface area contributed by atoms with Crippen LogP contribution in [0.25, 0.3) is 0 Å². The molecule has 1 aromatic carbocycles. The Bertz CT molecular complexity index is 670. The van der Waals surface area contributed by atoms with Gasteiger partial charge in [0.15, 0.2) is 0 Å². The molecule has 1 aliphatic rings. The van der Waals surface area contributed by atoms with Gasteiger partial charge in [-0.05, 0) is 23.8 Å². The maximum atomic E-state index is 12.1. The van der Waals surface area contributed by atoms with E-state index in [0.717, 1.165) is 42.0 Å². The lowest BCUT2D eigenvalue weighted by Gasteiger charge is -2.28. The van der Waals surface area contributed by atoms with Crippen molar-refractivity contribution in [1.29, 1.82) is 0 Å². The molecule has 0 atom stereocenters. The van der Waals surface area contributed by atoms with Gasteiger partial charge in [-0.3, -0.25) is 4.79 Å². The molecule has 1 N–H and O–H groups in total. The van der Waals surface area contributed by atoms with Crippen molar-refractivity contribution in [3.05, 3.63) is 52.6 Å². The van der Waals surface area contributed by atoms with Gasteiger partial charge in [-0.15, -0.1) is 0 Å². The molecule has 1 aliphatic heterocycles. The van der Waals surface area contributed by atoms with Crippen LogP contribution >= 0.6 is 15.9 Å². The number of morpholine rings is 1. The van der Waals surface area contributed by atoms with Gasteiger partial charge < -0.3 is 15.0 Å². The number of benzene rings is 1. The first-order chi connectivity index (χ1) is 11.2. The van der Waals surface area contributed by atoms with Crippen LogP contribution in [0.3, 0.4) is 0 Å². The first kappa shape index (κ1) is 16.0. The van der Waals surface area contributed by atoms with Crippen molar-refractivity contribution in [3.8, 4) is 0 Å². The number of nitrogens with zero attached hydrogens (tertiary/aromatic N) is 2. The van der Waals surface area contributed by atoms with Crippen LogP contribution in [0.5, 0.6) is 0 Å². The van der Waals surface area contributed by atoms with Crippen molar-refractivity contribution < 1.29 is 9.53 Å². The molecule has 3 rings (SSSR count). The number of anilines is 2. The van der Waals surface area contributed by atoms with Crippen molar-refractivity contribution in [3.63, 3.8) is 0 Å². The maximum Gasteiger partial charge on any atom is 0.229 e. The van der Waals surface area contributed by atoms with E-state index < -0.39 is 0 Å². The summed E-state index contributed by atoms with van der Waals surface area (Å²) in [6, 6.07) is 11.5. The van der Waals surface area contributed by atoms with E-state index in [9.17, 15) is 4.79 Å². The number of amides is 1. The highest BCUT2D eigenvalue weighted by Gasteiger charge is 2.12. The zero-order chi connectivity index (χ0) is 16.1. The molecular weight excluding hydrogens is 358 g/mol. The molecule has 1 aromatic heterocycles. The Labute approximate surface area is 143 Å². The van der Waals surface area contributed by atoms with Crippen molar-refractivity contribution in [2.75, 3.05) is 36.5 Å². The van der Waals surface area contributed by atoms with E-state index >= 15 is 0 Å². The molecule has 23 heavy (non-hydrogen) atoms. The molecule has 2 aromatic rings. The van der Waals surface area contributed by atoms with Crippen LogP contribution in [0.1, 0.15) is 5.56 Å².